The Kier molecular flexibility index (Phi) is 4.52. The van der Waals surface area contributed by atoms with Gasteiger partial charge in [-0.1, -0.05) is 29.3 Å². The first-order chi connectivity index (χ1) is 7.73. The summed E-state index contributed by atoms with van der Waals surface area (Å²) in [5.74, 6) is -0.140. The van der Waals surface area contributed by atoms with E-state index < -0.39 is 18.3 Å². The van der Waals surface area contributed by atoms with Crippen LogP contribution >= 0.6 is 23.2 Å². The lowest BCUT2D eigenvalue weighted by Gasteiger charge is -2.25. The van der Waals surface area contributed by atoms with Crippen LogP contribution in [0.5, 0.6) is 5.75 Å². The van der Waals surface area contributed by atoms with E-state index in [0.717, 1.165) is 0 Å². The van der Waals surface area contributed by atoms with E-state index in [1.54, 1.807) is 0 Å². The topological polar surface area (TPSA) is 35.2 Å². The SMILES string of the molecule is CC(N)C(Oc1cccc(Cl)c1Cl)C(F)(F)F. The van der Waals surface area contributed by atoms with Crippen molar-refractivity contribution in [3.63, 3.8) is 0 Å². The molecule has 2 N–H and O–H groups in total. The van der Waals surface area contributed by atoms with E-state index in [-0.39, 0.29) is 15.8 Å². The fourth-order valence-corrected chi connectivity index (χ4v) is 1.52. The van der Waals surface area contributed by atoms with Crippen LogP contribution in [-0.4, -0.2) is 18.3 Å². The molecule has 17 heavy (non-hydrogen) atoms. The van der Waals surface area contributed by atoms with Gasteiger partial charge in [0.1, 0.15) is 10.8 Å². The van der Waals surface area contributed by atoms with Crippen LogP contribution < -0.4 is 10.5 Å². The van der Waals surface area contributed by atoms with Gasteiger partial charge in [-0.3, -0.25) is 0 Å². The van der Waals surface area contributed by atoms with Gasteiger partial charge in [-0.25, -0.2) is 0 Å². The lowest BCUT2D eigenvalue weighted by Crippen LogP contribution is -2.47. The molecule has 0 aromatic heterocycles. The largest absolute Gasteiger partial charge is 0.478 e. The molecule has 0 amide bonds. The second-order valence-electron chi connectivity index (χ2n) is 3.49. The van der Waals surface area contributed by atoms with Crippen LogP contribution in [0.1, 0.15) is 6.92 Å². The molecule has 96 valence electrons. The molecule has 0 aliphatic carbocycles. The molecule has 0 bridgehead atoms. The maximum Gasteiger partial charge on any atom is 0.426 e. The third-order valence-corrected chi connectivity index (χ3v) is 2.77. The van der Waals surface area contributed by atoms with Gasteiger partial charge in [0.25, 0.3) is 0 Å². The van der Waals surface area contributed by atoms with Crippen LogP contribution in [0.3, 0.4) is 0 Å². The van der Waals surface area contributed by atoms with Gasteiger partial charge in [-0.05, 0) is 19.1 Å². The number of benzene rings is 1. The molecule has 0 aliphatic rings. The molecule has 0 fully saturated rings. The Morgan fingerprint density at radius 2 is 1.88 bits per heavy atom. The Morgan fingerprint density at radius 1 is 1.29 bits per heavy atom. The van der Waals surface area contributed by atoms with Crippen molar-refractivity contribution in [2.75, 3.05) is 0 Å². The van der Waals surface area contributed by atoms with E-state index in [2.05, 4.69) is 0 Å². The molecule has 2 unspecified atom stereocenters. The summed E-state index contributed by atoms with van der Waals surface area (Å²) >= 11 is 11.4. The Labute approximate surface area is 106 Å². The number of alkyl halides is 3. The van der Waals surface area contributed by atoms with Crippen LogP contribution in [0.15, 0.2) is 18.2 Å². The number of halogens is 5. The second kappa shape index (κ2) is 5.33. The van der Waals surface area contributed by atoms with Crippen molar-refractivity contribution in [3.8, 4) is 5.75 Å². The standard InChI is InChI=1S/C10H10Cl2F3NO/c1-5(16)9(10(13,14)15)17-7-4-2-3-6(11)8(7)12/h2-5,9H,16H2,1H3. The van der Waals surface area contributed by atoms with E-state index in [9.17, 15) is 13.2 Å². The van der Waals surface area contributed by atoms with Crippen molar-refractivity contribution in [2.45, 2.75) is 25.2 Å². The van der Waals surface area contributed by atoms with Crippen molar-refractivity contribution in [1.29, 1.82) is 0 Å². The normalized spacial score (nSPS) is 15.5. The minimum Gasteiger partial charge on any atom is -0.478 e. The van der Waals surface area contributed by atoms with Gasteiger partial charge in [0.05, 0.1) is 5.02 Å². The van der Waals surface area contributed by atoms with Crippen LogP contribution in [0, 0.1) is 0 Å². The Hall–Kier alpha value is -0.650. The van der Waals surface area contributed by atoms with Crippen molar-refractivity contribution < 1.29 is 17.9 Å². The predicted molar refractivity (Wildman–Crippen MR) is 60.6 cm³/mol. The lowest BCUT2D eigenvalue weighted by molar-refractivity contribution is -0.199. The zero-order valence-electron chi connectivity index (χ0n) is 8.76. The molecule has 0 heterocycles. The van der Waals surface area contributed by atoms with Crippen LogP contribution in [0.4, 0.5) is 13.2 Å². The molecule has 0 aliphatic heterocycles. The summed E-state index contributed by atoms with van der Waals surface area (Å²) in [6, 6.07) is 2.98. The maximum absolute atomic E-state index is 12.6. The second-order valence-corrected chi connectivity index (χ2v) is 4.28. The van der Waals surface area contributed by atoms with Gasteiger partial charge in [-0.15, -0.1) is 0 Å². The first-order valence-electron chi connectivity index (χ1n) is 4.66. The monoisotopic (exact) mass is 287 g/mol. The minimum atomic E-state index is -4.57. The Morgan fingerprint density at radius 3 is 2.35 bits per heavy atom. The highest BCUT2D eigenvalue weighted by atomic mass is 35.5. The van der Waals surface area contributed by atoms with E-state index in [4.69, 9.17) is 33.7 Å². The van der Waals surface area contributed by atoms with Crippen LogP contribution in [-0.2, 0) is 0 Å². The van der Waals surface area contributed by atoms with Crippen LogP contribution in [0.2, 0.25) is 10.0 Å². The predicted octanol–water partition coefficient (Wildman–Crippen LogP) is 3.65. The highest BCUT2D eigenvalue weighted by Gasteiger charge is 2.44. The molecule has 2 atom stereocenters. The zero-order chi connectivity index (χ0) is 13.2. The lowest BCUT2D eigenvalue weighted by atomic mass is 10.2. The molecule has 1 aromatic carbocycles. The van der Waals surface area contributed by atoms with E-state index >= 15 is 0 Å². The van der Waals surface area contributed by atoms with Crippen molar-refractivity contribution >= 4 is 23.2 Å². The third kappa shape index (κ3) is 3.66. The molecular weight excluding hydrogens is 278 g/mol. The van der Waals surface area contributed by atoms with E-state index in [1.807, 2.05) is 0 Å². The first kappa shape index (κ1) is 14.4. The molecule has 0 radical (unpaired) electrons. The zero-order valence-corrected chi connectivity index (χ0v) is 10.3. The summed E-state index contributed by atoms with van der Waals surface area (Å²) in [4.78, 5) is 0. The summed E-state index contributed by atoms with van der Waals surface area (Å²) in [5.41, 5.74) is 5.24. The molecule has 2 nitrogen and oxygen atoms in total. The van der Waals surface area contributed by atoms with Crippen molar-refractivity contribution in [1.82, 2.24) is 0 Å². The number of hydrogen-bond donors (Lipinski definition) is 1. The molecule has 1 aromatic rings. The number of nitrogens with two attached hydrogens (primary N) is 1. The molecule has 0 saturated carbocycles. The van der Waals surface area contributed by atoms with Gasteiger partial charge >= 0.3 is 6.18 Å². The number of hydrogen-bond acceptors (Lipinski definition) is 2. The van der Waals surface area contributed by atoms with Gasteiger partial charge in [-0.2, -0.15) is 13.2 Å². The minimum absolute atomic E-state index is 0.0657. The number of ether oxygens (including phenoxy) is 1. The summed E-state index contributed by atoms with van der Waals surface area (Å²) in [6.07, 6.45) is -6.70. The summed E-state index contributed by atoms with van der Waals surface area (Å²) in [6.45, 7) is 1.20. The third-order valence-electron chi connectivity index (χ3n) is 1.97. The molecule has 0 spiro atoms. The van der Waals surface area contributed by atoms with Crippen LogP contribution in [0.25, 0.3) is 0 Å². The Balaban J connectivity index is 2.99. The van der Waals surface area contributed by atoms with E-state index in [0.29, 0.717) is 0 Å². The fourth-order valence-electron chi connectivity index (χ4n) is 1.18. The van der Waals surface area contributed by atoms with Gasteiger partial charge in [0, 0.05) is 6.04 Å². The Bertz CT molecular complexity index is 396. The van der Waals surface area contributed by atoms with Gasteiger partial charge in [0.15, 0.2) is 0 Å². The average Bonchev–Trinajstić information content (AvgIpc) is 2.17. The molecular formula is C10H10Cl2F3NO. The molecule has 1 rings (SSSR count). The quantitative estimate of drug-likeness (QED) is 0.921. The molecule has 7 heteroatoms. The summed E-state index contributed by atoms with van der Waals surface area (Å²) in [7, 11) is 0. The highest BCUT2D eigenvalue weighted by molar-refractivity contribution is 6.42. The summed E-state index contributed by atoms with van der Waals surface area (Å²) < 4.78 is 42.6. The highest BCUT2D eigenvalue weighted by Crippen LogP contribution is 2.35. The number of rotatable bonds is 3. The molecule has 0 saturated heterocycles. The average molecular weight is 288 g/mol. The van der Waals surface area contributed by atoms with Gasteiger partial charge in [0.2, 0.25) is 6.10 Å². The summed E-state index contributed by atoms with van der Waals surface area (Å²) in [5, 5.41) is 0.0545. The van der Waals surface area contributed by atoms with Gasteiger partial charge < -0.3 is 10.5 Å². The first-order valence-corrected chi connectivity index (χ1v) is 5.42. The van der Waals surface area contributed by atoms with E-state index in [1.165, 1.54) is 25.1 Å². The smallest absolute Gasteiger partial charge is 0.426 e. The van der Waals surface area contributed by atoms with Crippen molar-refractivity contribution in [3.05, 3.63) is 28.2 Å². The van der Waals surface area contributed by atoms with Crippen molar-refractivity contribution in [2.24, 2.45) is 5.73 Å². The fraction of sp³-hybridized carbons (Fsp3) is 0.400. The maximum atomic E-state index is 12.6.